The smallest absolute Gasteiger partial charge is 0.425 e. The molecule has 0 N–H and O–H groups in total. The SMILES string of the molecule is CC(C)(C)OC(=O)N(CC#N)S(=O)(=O)c1ccc(-c2nnn(Cc3ccc(F)cn3)n2)cc1. The van der Waals surface area contributed by atoms with Crippen molar-refractivity contribution < 1.29 is 22.3 Å². The summed E-state index contributed by atoms with van der Waals surface area (Å²) in [5.74, 6) is -0.233. The van der Waals surface area contributed by atoms with E-state index in [-0.39, 0.29) is 17.3 Å². The van der Waals surface area contributed by atoms with E-state index in [9.17, 15) is 17.6 Å². The van der Waals surface area contributed by atoms with Crippen molar-refractivity contribution in [2.24, 2.45) is 0 Å². The summed E-state index contributed by atoms with van der Waals surface area (Å²) in [5.41, 5.74) is 0.0587. The van der Waals surface area contributed by atoms with Gasteiger partial charge in [-0.25, -0.2) is 17.6 Å². The van der Waals surface area contributed by atoms with Gasteiger partial charge < -0.3 is 4.74 Å². The molecule has 0 bridgehead atoms. The first-order valence-electron chi connectivity index (χ1n) is 9.61. The number of benzene rings is 1. The van der Waals surface area contributed by atoms with Crippen LogP contribution in [0.15, 0.2) is 47.5 Å². The van der Waals surface area contributed by atoms with Gasteiger partial charge >= 0.3 is 6.09 Å². The summed E-state index contributed by atoms with van der Waals surface area (Å²) in [6.45, 7) is 4.22. The van der Waals surface area contributed by atoms with Crippen molar-refractivity contribution in [3.05, 3.63) is 54.1 Å². The number of pyridine rings is 1. The van der Waals surface area contributed by atoms with Gasteiger partial charge in [-0.05, 0) is 62.4 Å². The van der Waals surface area contributed by atoms with Crippen LogP contribution in [-0.2, 0) is 21.3 Å². The number of aromatic nitrogens is 5. The van der Waals surface area contributed by atoms with Gasteiger partial charge in [0.05, 0.1) is 22.9 Å². The number of hydrogen-bond donors (Lipinski definition) is 0. The van der Waals surface area contributed by atoms with Gasteiger partial charge in [-0.15, -0.1) is 10.2 Å². The molecule has 1 amide bonds. The number of nitriles is 1. The Balaban J connectivity index is 1.80. The molecule has 0 fully saturated rings. The Kier molecular flexibility index (Phi) is 6.68. The van der Waals surface area contributed by atoms with E-state index in [1.807, 2.05) is 0 Å². The lowest BCUT2D eigenvalue weighted by molar-refractivity contribution is 0.0406. The van der Waals surface area contributed by atoms with Crippen molar-refractivity contribution in [3.63, 3.8) is 0 Å². The van der Waals surface area contributed by atoms with E-state index in [0.717, 1.165) is 6.20 Å². The van der Waals surface area contributed by atoms with Gasteiger partial charge in [-0.3, -0.25) is 4.98 Å². The quantitative estimate of drug-likeness (QED) is 0.493. The van der Waals surface area contributed by atoms with Crippen molar-refractivity contribution in [1.29, 1.82) is 5.26 Å². The molecule has 172 valence electrons. The number of nitrogens with zero attached hydrogens (tertiary/aromatic N) is 7. The maximum absolute atomic E-state index is 13.0. The number of amides is 1. The summed E-state index contributed by atoms with van der Waals surface area (Å²) in [4.78, 5) is 17.3. The molecule has 0 saturated heterocycles. The first-order valence-corrected chi connectivity index (χ1v) is 11.0. The maximum atomic E-state index is 13.0. The van der Waals surface area contributed by atoms with Crippen molar-refractivity contribution in [2.75, 3.05) is 6.54 Å². The second-order valence-corrected chi connectivity index (χ2v) is 9.65. The summed E-state index contributed by atoms with van der Waals surface area (Å²) >= 11 is 0. The number of hydrogen-bond acceptors (Lipinski definition) is 9. The van der Waals surface area contributed by atoms with Crippen LogP contribution >= 0.6 is 0 Å². The number of halogens is 1. The highest BCUT2D eigenvalue weighted by Gasteiger charge is 2.33. The topological polar surface area (TPSA) is 144 Å². The zero-order valence-electron chi connectivity index (χ0n) is 18.0. The van der Waals surface area contributed by atoms with Crippen LogP contribution in [0.1, 0.15) is 26.5 Å². The van der Waals surface area contributed by atoms with Crippen LogP contribution in [0.3, 0.4) is 0 Å². The molecule has 13 heteroatoms. The summed E-state index contributed by atoms with van der Waals surface area (Å²) in [6, 6.07) is 9.86. The molecule has 1 aromatic carbocycles. The standard InChI is InChI=1S/C20H20FN7O4S/c1-20(2,3)32-19(29)27(11-10-22)33(30,31)17-8-4-14(5-9-17)18-24-26-28(25-18)13-16-7-6-15(21)12-23-16/h4-9,12H,11,13H2,1-3H3. The van der Waals surface area contributed by atoms with Crippen LogP contribution < -0.4 is 0 Å². The van der Waals surface area contributed by atoms with Crippen LogP contribution in [0, 0.1) is 17.1 Å². The fourth-order valence-electron chi connectivity index (χ4n) is 2.60. The van der Waals surface area contributed by atoms with E-state index in [1.54, 1.807) is 26.8 Å². The Morgan fingerprint density at radius 3 is 2.48 bits per heavy atom. The Hall–Kier alpha value is -3.92. The van der Waals surface area contributed by atoms with Gasteiger partial charge in [0.1, 0.15) is 24.5 Å². The number of carbonyl (C=O) groups excluding carboxylic acids is 1. The molecule has 3 rings (SSSR count). The highest BCUT2D eigenvalue weighted by molar-refractivity contribution is 7.89. The zero-order valence-corrected chi connectivity index (χ0v) is 18.8. The number of ether oxygens (including phenoxy) is 1. The highest BCUT2D eigenvalue weighted by Crippen LogP contribution is 2.22. The molecule has 11 nitrogen and oxygen atoms in total. The number of tetrazole rings is 1. The van der Waals surface area contributed by atoms with E-state index in [1.165, 1.54) is 41.2 Å². The molecular formula is C20H20FN7O4S. The fourth-order valence-corrected chi connectivity index (χ4v) is 3.79. The van der Waals surface area contributed by atoms with Gasteiger partial charge in [-0.1, -0.05) is 0 Å². The lowest BCUT2D eigenvalue weighted by Crippen LogP contribution is -2.41. The van der Waals surface area contributed by atoms with E-state index >= 15 is 0 Å². The van der Waals surface area contributed by atoms with Gasteiger partial charge in [-0.2, -0.15) is 14.4 Å². The predicted molar refractivity (Wildman–Crippen MR) is 112 cm³/mol. The molecule has 33 heavy (non-hydrogen) atoms. The lowest BCUT2D eigenvalue weighted by Gasteiger charge is -2.25. The molecule has 0 spiro atoms. The Morgan fingerprint density at radius 1 is 1.21 bits per heavy atom. The van der Waals surface area contributed by atoms with Crippen molar-refractivity contribution in [1.82, 2.24) is 29.5 Å². The summed E-state index contributed by atoms with van der Waals surface area (Å²) in [7, 11) is -4.34. The second-order valence-electron chi connectivity index (χ2n) is 7.79. The minimum absolute atomic E-state index is 0.165. The zero-order chi connectivity index (χ0) is 24.2. The second kappa shape index (κ2) is 9.29. The minimum atomic E-state index is -4.34. The van der Waals surface area contributed by atoms with Crippen LogP contribution in [0.25, 0.3) is 11.4 Å². The monoisotopic (exact) mass is 473 g/mol. The van der Waals surface area contributed by atoms with Crippen LogP contribution in [0.4, 0.5) is 9.18 Å². The van der Waals surface area contributed by atoms with E-state index < -0.39 is 34.1 Å². The first kappa shape index (κ1) is 23.7. The molecular weight excluding hydrogens is 453 g/mol. The van der Waals surface area contributed by atoms with Gasteiger partial charge in [0.15, 0.2) is 0 Å². The molecule has 0 aliphatic rings. The molecule has 0 aliphatic heterocycles. The number of rotatable bonds is 6. The molecule has 0 aliphatic carbocycles. The van der Waals surface area contributed by atoms with Crippen LogP contribution in [0.2, 0.25) is 0 Å². The summed E-state index contributed by atoms with van der Waals surface area (Å²) in [5, 5.41) is 21.0. The highest BCUT2D eigenvalue weighted by atomic mass is 32.2. The van der Waals surface area contributed by atoms with Crippen molar-refractivity contribution in [2.45, 2.75) is 37.8 Å². The Labute approximate surface area is 189 Å². The van der Waals surface area contributed by atoms with Crippen molar-refractivity contribution in [3.8, 4) is 17.5 Å². The summed E-state index contributed by atoms with van der Waals surface area (Å²) in [6.07, 6.45) is -0.0636. The van der Waals surface area contributed by atoms with Crippen LogP contribution in [-0.4, -0.2) is 56.2 Å². The van der Waals surface area contributed by atoms with Gasteiger partial charge in [0, 0.05) is 5.56 Å². The average Bonchev–Trinajstić information content (AvgIpc) is 3.21. The fraction of sp³-hybridized carbons (Fsp3) is 0.300. The molecule has 0 radical (unpaired) electrons. The molecule has 2 aromatic heterocycles. The van der Waals surface area contributed by atoms with Crippen molar-refractivity contribution >= 4 is 16.1 Å². The largest absolute Gasteiger partial charge is 0.443 e. The number of sulfonamides is 1. The molecule has 3 aromatic rings. The van der Waals surface area contributed by atoms with E-state index in [4.69, 9.17) is 10.00 Å². The molecule has 2 heterocycles. The summed E-state index contributed by atoms with van der Waals surface area (Å²) < 4.78 is 44.3. The van der Waals surface area contributed by atoms with Gasteiger partial charge in [0.2, 0.25) is 5.82 Å². The first-order chi connectivity index (χ1) is 15.5. The molecule has 0 unspecified atom stereocenters. The Bertz CT molecular complexity index is 1280. The van der Waals surface area contributed by atoms with E-state index in [2.05, 4.69) is 20.4 Å². The average molecular weight is 473 g/mol. The lowest BCUT2D eigenvalue weighted by atomic mass is 10.2. The van der Waals surface area contributed by atoms with Gasteiger partial charge in [0.25, 0.3) is 10.0 Å². The minimum Gasteiger partial charge on any atom is -0.443 e. The molecule has 0 saturated carbocycles. The van der Waals surface area contributed by atoms with Crippen LogP contribution in [0.5, 0.6) is 0 Å². The third-order valence-electron chi connectivity index (χ3n) is 4.06. The Morgan fingerprint density at radius 2 is 1.91 bits per heavy atom. The predicted octanol–water partition coefficient (Wildman–Crippen LogP) is 2.37. The maximum Gasteiger partial charge on any atom is 0.425 e. The van der Waals surface area contributed by atoms with E-state index in [0.29, 0.717) is 15.6 Å². The normalized spacial score (nSPS) is 11.6. The number of carbonyl (C=O) groups is 1. The third kappa shape index (κ3) is 5.86. The third-order valence-corrected chi connectivity index (χ3v) is 5.78. The molecule has 0 atom stereocenters.